The average molecular weight is 278 g/mol. The molecule has 0 unspecified atom stereocenters. The fourth-order valence-electron chi connectivity index (χ4n) is 1.77. The van der Waals surface area contributed by atoms with Gasteiger partial charge in [-0.15, -0.1) is 0 Å². The van der Waals surface area contributed by atoms with Crippen molar-refractivity contribution in [2.24, 2.45) is 5.92 Å². The van der Waals surface area contributed by atoms with Crippen molar-refractivity contribution < 1.29 is 10.0 Å². The van der Waals surface area contributed by atoms with Crippen molar-refractivity contribution in [3.05, 3.63) is 48.0 Å². The van der Waals surface area contributed by atoms with Gasteiger partial charge in [0.25, 0.3) is 0 Å². The molecule has 0 heterocycles. The Balaban J connectivity index is 0. The van der Waals surface area contributed by atoms with E-state index in [-0.39, 0.29) is 0 Å². The van der Waals surface area contributed by atoms with E-state index in [2.05, 4.69) is 20.4 Å². The van der Waals surface area contributed by atoms with Gasteiger partial charge in [-0.3, -0.25) is 0 Å². The molecule has 0 saturated carbocycles. The van der Waals surface area contributed by atoms with E-state index in [9.17, 15) is 10.0 Å². The molecule has 0 amide bonds. The molecular weight excluding hydrogens is 247 g/mol. The van der Waals surface area contributed by atoms with E-state index >= 15 is 0 Å². The van der Waals surface area contributed by atoms with Gasteiger partial charge in [0.1, 0.15) is 0 Å². The van der Waals surface area contributed by atoms with Crippen molar-refractivity contribution >= 4 is 7.12 Å². The molecule has 0 aromatic carbocycles. The molecule has 0 aromatic heterocycles. The SMILES string of the molecule is C=CC(=C\C=C/C)/C(=C/CC(CC)CC)B(O)O.CC. The molecule has 3 heteroatoms. The van der Waals surface area contributed by atoms with Gasteiger partial charge in [-0.2, -0.15) is 0 Å². The Bertz CT molecular complexity index is 324. The predicted molar refractivity (Wildman–Crippen MR) is 91.4 cm³/mol. The molecule has 0 spiro atoms. The van der Waals surface area contributed by atoms with Crippen molar-refractivity contribution in [1.29, 1.82) is 0 Å². The van der Waals surface area contributed by atoms with Crippen LogP contribution in [0.4, 0.5) is 0 Å². The highest BCUT2D eigenvalue weighted by Gasteiger charge is 2.17. The lowest BCUT2D eigenvalue weighted by Crippen LogP contribution is -2.17. The summed E-state index contributed by atoms with van der Waals surface area (Å²) in [6.45, 7) is 13.9. The molecule has 0 saturated heterocycles. The van der Waals surface area contributed by atoms with E-state index in [1.54, 1.807) is 6.08 Å². The summed E-state index contributed by atoms with van der Waals surface area (Å²) in [4.78, 5) is 0. The minimum atomic E-state index is -1.45. The third-order valence-corrected chi connectivity index (χ3v) is 3.13. The Morgan fingerprint density at radius 3 is 2.10 bits per heavy atom. The van der Waals surface area contributed by atoms with E-state index in [1.807, 2.05) is 45.1 Å². The monoisotopic (exact) mass is 278 g/mol. The number of allylic oxidation sites excluding steroid dienone is 7. The third kappa shape index (κ3) is 8.95. The van der Waals surface area contributed by atoms with Gasteiger partial charge < -0.3 is 10.0 Å². The summed E-state index contributed by atoms with van der Waals surface area (Å²) < 4.78 is 0. The Kier molecular flexibility index (Phi) is 15.3. The lowest BCUT2D eigenvalue weighted by molar-refractivity contribution is 0.419. The van der Waals surface area contributed by atoms with Crippen LogP contribution in [0.15, 0.2) is 48.0 Å². The first-order valence-electron chi connectivity index (χ1n) is 7.62. The van der Waals surface area contributed by atoms with Crippen LogP contribution < -0.4 is 0 Å². The van der Waals surface area contributed by atoms with Crippen molar-refractivity contribution in [1.82, 2.24) is 0 Å². The summed E-state index contributed by atoms with van der Waals surface area (Å²) in [5.74, 6) is 0.589. The zero-order valence-corrected chi connectivity index (χ0v) is 13.8. The van der Waals surface area contributed by atoms with Gasteiger partial charge in [-0.25, -0.2) is 0 Å². The zero-order chi connectivity index (χ0) is 16.0. The maximum Gasteiger partial charge on any atom is 0.488 e. The molecule has 0 aliphatic heterocycles. The zero-order valence-electron chi connectivity index (χ0n) is 13.8. The van der Waals surface area contributed by atoms with Crippen LogP contribution in [0.25, 0.3) is 0 Å². The fraction of sp³-hybridized carbons (Fsp3) is 0.529. The molecular formula is C17H31BO2. The summed E-state index contributed by atoms with van der Waals surface area (Å²) in [5.41, 5.74) is 1.30. The van der Waals surface area contributed by atoms with Crippen molar-refractivity contribution in [2.75, 3.05) is 0 Å². The van der Waals surface area contributed by atoms with Gasteiger partial charge in [0, 0.05) is 0 Å². The number of rotatable bonds is 8. The number of hydrogen-bond acceptors (Lipinski definition) is 2. The highest BCUT2D eigenvalue weighted by molar-refractivity contribution is 6.52. The lowest BCUT2D eigenvalue weighted by atomic mass is 9.73. The fourth-order valence-corrected chi connectivity index (χ4v) is 1.77. The molecule has 0 aromatic rings. The van der Waals surface area contributed by atoms with Gasteiger partial charge in [0.15, 0.2) is 0 Å². The molecule has 0 atom stereocenters. The van der Waals surface area contributed by atoms with E-state index in [1.165, 1.54) is 0 Å². The highest BCUT2D eigenvalue weighted by Crippen LogP contribution is 2.19. The Morgan fingerprint density at radius 2 is 1.75 bits per heavy atom. The van der Waals surface area contributed by atoms with Crippen molar-refractivity contribution in [2.45, 2.75) is 53.9 Å². The van der Waals surface area contributed by atoms with Crippen LogP contribution in [0.5, 0.6) is 0 Å². The van der Waals surface area contributed by atoms with Crippen molar-refractivity contribution in [3.8, 4) is 0 Å². The molecule has 0 fully saturated rings. The first-order valence-corrected chi connectivity index (χ1v) is 7.62. The summed E-state index contributed by atoms with van der Waals surface area (Å²) >= 11 is 0. The van der Waals surface area contributed by atoms with Gasteiger partial charge in [-0.05, 0) is 30.3 Å². The van der Waals surface area contributed by atoms with Gasteiger partial charge in [-0.1, -0.05) is 77.5 Å². The lowest BCUT2D eigenvalue weighted by Gasteiger charge is -2.12. The van der Waals surface area contributed by atoms with E-state index < -0.39 is 7.12 Å². The minimum absolute atomic E-state index is 0.537. The van der Waals surface area contributed by atoms with Crippen LogP contribution in [0, 0.1) is 5.92 Å². The molecule has 20 heavy (non-hydrogen) atoms. The minimum Gasteiger partial charge on any atom is -0.423 e. The molecule has 0 radical (unpaired) electrons. The Hall–Kier alpha value is -1.06. The maximum absolute atomic E-state index is 9.45. The molecule has 0 aliphatic rings. The standard InChI is InChI=1S/C15H25BO2.C2H6/c1-5-9-10-14(8-4)15(16(17)18)12-11-13(6-2)7-3;1-2/h5,8-10,12-13,17-18H,4,6-7,11H2,1-3H3;1-2H3/b9-5-,14-10+,15-12-;. The Labute approximate surface area is 125 Å². The molecule has 2 N–H and O–H groups in total. The molecule has 0 aliphatic carbocycles. The molecule has 114 valence electrons. The van der Waals surface area contributed by atoms with Crippen LogP contribution in [-0.2, 0) is 0 Å². The second-order valence-electron chi connectivity index (χ2n) is 4.30. The second-order valence-corrected chi connectivity index (χ2v) is 4.30. The van der Waals surface area contributed by atoms with Crippen molar-refractivity contribution in [3.63, 3.8) is 0 Å². The summed E-state index contributed by atoms with van der Waals surface area (Å²) in [6.07, 6.45) is 12.2. The summed E-state index contributed by atoms with van der Waals surface area (Å²) in [6, 6.07) is 0. The van der Waals surface area contributed by atoms with Crippen LogP contribution in [0.1, 0.15) is 53.9 Å². The third-order valence-electron chi connectivity index (χ3n) is 3.13. The molecule has 2 nitrogen and oxygen atoms in total. The van der Waals surface area contributed by atoms with E-state index in [0.29, 0.717) is 11.4 Å². The molecule has 0 bridgehead atoms. The topological polar surface area (TPSA) is 40.5 Å². The van der Waals surface area contributed by atoms with Crippen LogP contribution in [0.2, 0.25) is 0 Å². The van der Waals surface area contributed by atoms with E-state index in [0.717, 1.165) is 24.8 Å². The normalized spacial score (nSPS) is 12.4. The quantitative estimate of drug-likeness (QED) is 0.508. The highest BCUT2D eigenvalue weighted by atomic mass is 16.4. The molecule has 0 rings (SSSR count). The largest absolute Gasteiger partial charge is 0.488 e. The first kappa shape index (κ1) is 21.2. The van der Waals surface area contributed by atoms with Gasteiger partial charge in [0.05, 0.1) is 0 Å². The smallest absolute Gasteiger partial charge is 0.423 e. The summed E-state index contributed by atoms with van der Waals surface area (Å²) in [5, 5.41) is 18.9. The summed E-state index contributed by atoms with van der Waals surface area (Å²) in [7, 11) is -1.45. The maximum atomic E-state index is 9.45. The Morgan fingerprint density at radius 1 is 1.20 bits per heavy atom. The predicted octanol–water partition coefficient (Wildman–Crippen LogP) is 4.47. The van der Waals surface area contributed by atoms with Gasteiger partial charge in [0.2, 0.25) is 0 Å². The van der Waals surface area contributed by atoms with Crippen LogP contribution in [0.3, 0.4) is 0 Å². The number of hydrogen-bond donors (Lipinski definition) is 2. The first-order chi connectivity index (χ1) is 9.60. The van der Waals surface area contributed by atoms with Crippen LogP contribution >= 0.6 is 0 Å². The average Bonchev–Trinajstić information content (AvgIpc) is 2.48. The van der Waals surface area contributed by atoms with E-state index in [4.69, 9.17) is 0 Å². The van der Waals surface area contributed by atoms with Crippen LogP contribution in [-0.4, -0.2) is 17.2 Å². The van der Waals surface area contributed by atoms with Gasteiger partial charge >= 0.3 is 7.12 Å². The second kappa shape index (κ2) is 14.4.